The van der Waals surface area contributed by atoms with Crippen LogP contribution in [0.4, 0.5) is 5.69 Å². The number of anilines is 1. The molecule has 0 fully saturated rings. The summed E-state index contributed by atoms with van der Waals surface area (Å²) in [5, 5.41) is 3.57. The fraction of sp³-hybridized carbons (Fsp3) is 0.333. The molecule has 2 aromatic rings. The van der Waals surface area contributed by atoms with E-state index in [9.17, 15) is 0 Å². The van der Waals surface area contributed by atoms with Crippen molar-refractivity contribution in [3.8, 4) is 0 Å². The van der Waals surface area contributed by atoms with Gasteiger partial charge in [0.25, 0.3) is 0 Å². The quantitative estimate of drug-likeness (QED) is 0.710. The molecule has 0 saturated heterocycles. The van der Waals surface area contributed by atoms with Crippen molar-refractivity contribution < 1.29 is 0 Å². The average Bonchev–Trinajstić information content (AvgIpc) is 2.82. The Kier molecular flexibility index (Phi) is 4.67. The van der Waals surface area contributed by atoms with Crippen LogP contribution in [0.5, 0.6) is 0 Å². The van der Waals surface area contributed by atoms with Gasteiger partial charge >= 0.3 is 0 Å². The summed E-state index contributed by atoms with van der Waals surface area (Å²) in [6.07, 6.45) is 1.12. The fourth-order valence-electron chi connectivity index (χ4n) is 1.82. The number of hydrogen-bond acceptors (Lipinski definition) is 2. The zero-order chi connectivity index (χ0) is 13.1. The minimum atomic E-state index is 0.369. The van der Waals surface area contributed by atoms with Crippen molar-refractivity contribution >= 4 is 39.6 Å². The molecule has 0 radical (unpaired) electrons. The van der Waals surface area contributed by atoms with E-state index in [0.29, 0.717) is 6.04 Å². The SMILES string of the molecule is CCc1ccc(C(C)Nc2ccc(C)c(I)c2)s1. The molecular weight excluding hydrogens is 353 g/mol. The zero-order valence-electron chi connectivity index (χ0n) is 11.0. The van der Waals surface area contributed by atoms with Crippen molar-refractivity contribution in [3.63, 3.8) is 0 Å². The maximum atomic E-state index is 3.57. The van der Waals surface area contributed by atoms with E-state index >= 15 is 0 Å². The number of rotatable bonds is 4. The van der Waals surface area contributed by atoms with Gasteiger partial charge in [-0.15, -0.1) is 11.3 Å². The maximum absolute atomic E-state index is 3.57. The third-order valence-electron chi connectivity index (χ3n) is 3.01. The Morgan fingerprint density at radius 3 is 2.67 bits per heavy atom. The molecule has 0 aliphatic carbocycles. The Balaban J connectivity index is 2.10. The molecule has 2 rings (SSSR count). The Labute approximate surface area is 127 Å². The van der Waals surface area contributed by atoms with Crippen molar-refractivity contribution in [1.82, 2.24) is 0 Å². The largest absolute Gasteiger partial charge is 0.378 e. The molecule has 0 aliphatic rings. The first-order chi connectivity index (χ1) is 8.60. The summed E-state index contributed by atoms with van der Waals surface area (Å²) in [6.45, 7) is 6.57. The molecule has 1 nitrogen and oxygen atoms in total. The van der Waals surface area contributed by atoms with E-state index in [2.05, 4.69) is 79.0 Å². The van der Waals surface area contributed by atoms with Gasteiger partial charge in [0.05, 0.1) is 6.04 Å². The van der Waals surface area contributed by atoms with Crippen LogP contribution in [0.15, 0.2) is 30.3 Å². The minimum Gasteiger partial charge on any atom is -0.378 e. The number of halogens is 1. The van der Waals surface area contributed by atoms with E-state index in [1.165, 1.54) is 24.6 Å². The van der Waals surface area contributed by atoms with Crippen LogP contribution in [0.3, 0.4) is 0 Å². The molecule has 0 bridgehead atoms. The number of hydrogen-bond donors (Lipinski definition) is 1. The van der Waals surface area contributed by atoms with Gasteiger partial charge in [-0.1, -0.05) is 13.0 Å². The standard InChI is InChI=1S/C15H18INS/c1-4-13-7-8-15(18-13)11(3)17-12-6-5-10(2)14(16)9-12/h5-9,11,17H,4H2,1-3H3. The van der Waals surface area contributed by atoms with Crippen LogP contribution in [0, 0.1) is 10.5 Å². The first-order valence-corrected chi connectivity index (χ1v) is 8.11. The lowest BCUT2D eigenvalue weighted by atomic mass is 10.2. The lowest BCUT2D eigenvalue weighted by Gasteiger charge is -2.14. The third kappa shape index (κ3) is 3.26. The summed E-state index contributed by atoms with van der Waals surface area (Å²) in [5.74, 6) is 0. The summed E-state index contributed by atoms with van der Waals surface area (Å²) in [7, 11) is 0. The number of aryl methyl sites for hydroxylation is 2. The Morgan fingerprint density at radius 2 is 2.06 bits per heavy atom. The number of nitrogens with one attached hydrogen (secondary N) is 1. The summed E-state index contributed by atoms with van der Waals surface area (Å²) in [5.41, 5.74) is 2.53. The van der Waals surface area contributed by atoms with Gasteiger partial charge in [0.2, 0.25) is 0 Å². The average molecular weight is 371 g/mol. The lowest BCUT2D eigenvalue weighted by molar-refractivity contribution is 0.908. The normalized spacial score (nSPS) is 12.4. The van der Waals surface area contributed by atoms with Crippen LogP contribution in [-0.4, -0.2) is 0 Å². The molecule has 1 N–H and O–H groups in total. The van der Waals surface area contributed by atoms with Crippen molar-refractivity contribution in [3.05, 3.63) is 49.2 Å². The van der Waals surface area contributed by atoms with Crippen LogP contribution < -0.4 is 5.32 Å². The molecule has 3 heteroatoms. The van der Waals surface area contributed by atoms with Gasteiger partial charge in [0, 0.05) is 19.0 Å². The van der Waals surface area contributed by atoms with Crippen LogP contribution >= 0.6 is 33.9 Å². The number of thiophene rings is 1. The monoisotopic (exact) mass is 371 g/mol. The Hall–Kier alpha value is -0.550. The van der Waals surface area contributed by atoms with Gasteiger partial charge in [-0.05, 0) is 72.7 Å². The Morgan fingerprint density at radius 1 is 1.28 bits per heavy atom. The van der Waals surface area contributed by atoms with Crippen molar-refractivity contribution in [2.24, 2.45) is 0 Å². The van der Waals surface area contributed by atoms with E-state index in [-0.39, 0.29) is 0 Å². The van der Waals surface area contributed by atoms with E-state index in [1.807, 2.05) is 11.3 Å². The van der Waals surface area contributed by atoms with Crippen LogP contribution in [-0.2, 0) is 6.42 Å². The van der Waals surface area contributed by atoms with Crippen molar-refractivity contribution in [2.45, 2.75) is 33.2 Å². The van der Waals surface area contributed by atoms with Crippen molar-refractivity contribution in [1.29, 1.82) is 0 Å². The van der Waals surface area contributed by atoms with Gasteiger partial charge in [0.15, 0.2) is 0 Å². The summed E-state index contributed by atoms with van der Waals surface area (Å²) in [6, 6.07) is 11.4. The molecular formula is C15H18INS. The van der Waals surface area contributed by atoms with E-state index < -0.39 is 0 Å². The highest BCUT2D eigenvalue weighted by Crippen LogP contribution is 2.27. The van der Waals surface area contributed by atoms with Crippen LogP contribution in [0.25, 0.3) is 0 Å². The molecule has 0 spiro atoms. The summed E-state index contributed by atoms with van der Waals surface area (Å²) < 4.78 is 1.31. The van der Waals surface area contributed by atoms with Crippen LogP contribution in [0.2, 0.25) is 0 Å². The molecule has 1 atom stereocenters. The minimum absolute atomic E-state index is 0.369. The van der Waals surface area contributed by atoms with Gasteiger partial charge in [0.1, 0.15) is 0 Å². The highest BCUT2D eigenvalue weighted by atomic mass is 127. The predicted molar refractivity (Wildman–Crippen MR) is 89.6 cm³/mol. The highest BCUT2D eigenvalue weighted by molar-refractivity contribution is 14.1. The lowest BCUT2D eigenvalue weighted by Crippen LogP contribution is -2.05. The highest BCUT2D eigenvalue weighted by Gasteiger charge is 2.08. The fourth-order valence-corrected chi connectivity index (χ4v) is 3.29. The predicted octanol–water partition coefficient (Wildman–Crippen LogP) is 5.40. The molecule has 0 aliphatic heterocycles. The first kappa shape index (κ1) is 13.9. The second-order valence-corrected chi connectivity index (χ2v) is 6.85. The van der Waals surface area contributed by atoms with Gasteiger partial charge in [-0.3, -0.25) is 0 Å². The van der Waals surface area contributed by atoms with Crippen molar-refractivity contribution in [2.75, 3.05) is 5.32 Å². The molecule has 1 heterocycles. The van der Waals surface area contributed by atoms with Gasteiger partial charge in [-0.25, -0.2) is 0 Å². The Bertz CT molecular complexity index is 533. The summed E-state index contributed by atoms with van der Waals surface area (Å²) >= 11 is 4.29. The topological polar surface area (TPSA) is 12.0 Å². The van der Waals surface area contributed by atoms with E-state index in [0.717, 1.165) is 6.42 Å². The summed E-state index contributed by atoms with van der Waals surface area (Å²) in [4.78, 5) is 2.86. The molecule has 0 saturated carbocycles. The van der Waals surface area contributed by atoms with E-state index in [4.69, 9.17) is 0 Å². The number of benzene rings is 1. The van der Waals surface area contributed by atoms with Gasteiger partial charge in [-0.2, -0.15) is 0 Å². The second kappa shape index (κ2) is 6.06. The smallest absolute Gasteiger partial charge is 0.0578 e. The molecule has 0 amide bonds. The molecule has 1 unspecified atom stereocenters. The molecule has 1 aromatic carbocycles. The van der Waals surface area contributed by atoms with Gasteiger partial charge < -0.3 is 5.32 Å². The molecule has 96 valence electrons. The third-order valence-corrected chi connectivity index (χ3v) is 5.59. The van der Waals surface area contributed by atoms with Crippen LogP contribution in [0.1, 0.15) is 35.2 Å². The molecule has 1 aromatic heterocycles. The maximum Gasteiger partial charge on any atom is 0.0578 e. The first-order valence-electron chi connectivity index (χ1n) is 6.21. The zero-order valence-corrected chi connectivity index (χ0v) is 13.9. The second-order valence-electron chi connectivity index (χ2n) is 4.49. The van der Waals surface area contributed by atoms with E-state index in [1.54, 1.807) is 0 Å². The molecule has 18 heavy (non-hydrogen) atoms.